The number of hydrogen-bond acceptors (Lipinski definition) is 1. The molecule has 1 amide bonds. The molecule has 4 rings (SSSR count). The molecule has 0 N–H and O–H groups in total. The Morgan fingerprint density at radius 1 is 1.08 bits per heavy atom. The lowest BCUT2D eigenvalue weighted by Gasteiger charge is -2.21. The van der Waals surface area contributed by atoms with E-state index in [9.17, 15) is 13.6 Å². The Kier molecular flexibility index (Phi) is 4.06. The molecule has 2 aliphatic rings. The fourth-order valence-corrected chi connectivity index (χ4v) is 4.09. The Morgan fingerprint density at radius 2 is 1.80 bits per heavy atom. The third-order valence-corrected chi connectivity index (χ3v) is 5.54. The van der Waals surface area contributed by atoms with Crippen LogP contribution in [-0.2, 0) is 4.79 Å². The van der Waals surface area contributed by atoms with E-state index in [2.05, 4.69) is 6.92 Å². The van der Waals surface area contributed by atoms with Gasteiger partial charge in [-0.25, -0.2) is 8.78 Å². The van der Waals surface area contributed by atoms with Crippen LogP contribution in [-0.4, -0.2) is 23.4 Å². The number of rotatable bonds is 3. The third-order valence-electron chi connectivity index (χ3n) is 5.54. The molecule has 1 saturated carbocycles. The summed E-state index contributed by atoms with van der Waals surface area (Å²) in [7, 11) is 0. The molecule has 0 spiro atoms. The van der Waals surface area contributed by atoms with Gasteiger partial charge in [0.05, 0.1) is 5.56 Å². The van der Waals surface area contributed by atoms with Crippen molar-refractivity contribution in [2.75, 3.05) is 6.54 Å². The van der Waals surface area contributed by atoms with E-state index in [-0.39, 0.29) is 23.3 Å². The summed E-state index contributed by atoms with van der Waals surface area (Å²) in [6, 6.07) is 11.5. The van der Waals surface area contributed by atoms with Gasteiger partial charge in [-0.2, -0.15) is 0 Å². The normalized spacial score (nSPS) is 25.2. The molecule has 2 aromatic rings. The van der Waals surface area contributed by atoms with E-state index >= 15 is 0 Å². The van der Waals surface area contributed by atoms with Gasteiger partial charge < -0.3 is 4.90 Å². The molecule has 0 radical (unpaired) electrons. The van der Waals surface area contributed by atoms with Crippen molar-refractivity contribution in [1.29, 1.82) is 0 Å². The van der Waals surface area contributed by atoms with Gasteiger partial charge in [0.25, 0.3) is 0 Å². The van der Waals surface area contributed by atoms with Gasteiger partial charge in [0, 0.05) is 18.5 Å². The first-order chi connectivity index (χ1) is 12.1. The van der Waals surface area contributed by atoms with Gasteiger partial charge in [-0.3, -0.25) is 4.79 Å². The van der Waals surface area contributed by atoms with Gasteiger partial charge in [-0.05, 0) is 55.4 Å². The van der Waals surface area contributed by atoms with E-state index < -0.39 is 11.6 Å². The minimum absolute atomic E-state index is 0.00531. The Bertz CT molecular complexity index is 799. The third kappa shape index (κ3) is 2.84. The highest BCUT2D eigenvalue weighted by Gasteiger charge is 2.48. The smallest absolute Gasteiger partial charge is 0.226 e. The number of hydrogen-bond donors (Lipinski definition) is 0. The highest BCUT2D eigenvalue weighted by atomic mass is 19.1. The number of carbonyl (C=O) groups is 1. The first-order valence-corrected chi connectivity index (χ1v) is 8.91. The average molecular weight is 341 g/mol. The molecule has 1 heterocycles. The van der Waals surface area contributed by atoms with Crippen molar-refractivity contribution < 1.29 is 13.6 Å². The zero-order valence-electron chi connectivity index (χ0n) is 14.2. The monoisotopic (exact) mass is 341 g/mol. The highest BCUT2D eigenvalue weighted by molar-refractivity contribution is 5.84. The number of nitrogens with zero attached hydrogens (tertiary/aromatic N) is 1. The molecule has 130 valence electrons. The molecule has 0 unspecified atom stereocenters. The largest absolute Gasteiger partial charge is 0.340 e. The van der Waals surface area contributed by atoms with Crippen molar-refractivity contribution in [1.82, 2.24) is 4.90 Å². The molecule has 2 nitrogen and oxygen atoms in total. The Hall–Kier alpha value is -2.23. The van der Waals surface area contributed by atoms with E-state index in [0.717, 1.165) is 31.4 Å². The standard InChI is InChI=1S/C21H21F2NO/c1-13-6-5-11-24(13)21(25)17-12-16(17)14-7-2-3-8-15(14)20-18(22)9-4-10-19(20)23/h2-4,7-10,13,16-17H,5-6,11-12H2,1H3/t13-,16-,17+/m0/s1. The number of benzene rings is 2. The van der Waals surface area contributed by atoms with Crippen LogP contribution >= 0.6 is 0 Å². The number of amides is 1. The molecule has 4 heteroatoms. The minimum Gasteiger partial charge on any atom is -0.340 e. The molecule has 1 aliphatic heterocycles. The van der Waals surface area contributed by atoms with E-state index in [4.69, 9.17) is 0 Å². The molecule has 3 atom stereocenters. The maximum absolute atomic E-state index is 14.2. The van der Waals surface area contributed by atoms with Crippen LogP contribution in [0.2, 0.25) is 0 Å². The Morgan fingerprint density at radius 3 is 2.48 bits per heavy atom. The molecule has 0 bridgehead atoms. The van der Waals surface area contributed by atoms with E-state index in [0.29, 0.717) is 11.6 Å². The summed E-state index contributed by atoms with van der Waals surface area (Å²) >= 11 is 0. The summed E-state index contributed by atoms with van der Waals surface area (Å²) < 4.78 is 28.5. The van der Waals surface area contributed by atoms with Crippen molar-refractivity contribution in [3.8, 4) is 11.1 Å². The highest BCUT2D eigenvalue weighted by Crippen LogP contribution is 2.52. The predicted octanol–water partition coefficient (Wildman–Crippen LogP) is 4.75. The molecule has 0 aromatic heterocycles. The summed E-state index contributed by atoms with van der Waals surface area (Å²) in [6.45, 7) is 2.91. The maximum Gasteiger partial charge on any atom is 0.226 e. The van der Waals surface area contributed by atoms with Crippen molar-refractivity contribution in [2.45, 2.75) is 38.1 Å². The average Bonchev–Trinajstić information content (AvgIpc) is 3.28. The lowest BCUT2D eigenvalue weighted by Crippen LogP contribution is -2.35. The fraction of sp³-hybridized carbons (Fsp3) is 0.381. The predicted molar refractivity (Wildman–Crippen MR) is 93.1 cm³/mol. The van der Waals surface area contributed by atoms with Crippen LogP contribution < -0.4 is 0 Å². The molecule has 1 saturated heterocycles. The minimum atomic E-state index is -0.566. The summed E-state index contributed by atoms with van der Waals surface area (Å²) in [5.74, 6) is -0.945. The SMILES string of the molecule is C[C@H]1CCCN1C(=O)[C@@H]1C[C@H]1c1ccccc1-c1c(F)cccc1F. The summed E-state index contributed by atoms with van der Waals surface area (Å²) in [4.78, 5) is 14.7. The Balaban J connectivity index is 1.64. The first kappa shape index (κ1) is 16.2. The topological polar surface area (TPSA) is 20.3 Å². The van der Waals surface area contributed by atoms with Gasteiger partial charge in [-0.1, -0.05) is 30.3 Å². The van der Waals surface area contributed by atoms with Crippen LogP contribution in [0.4, 0.5) is 8.78 Å². The van der Waals surface area contributed by atoms with Crippen LogP contribution in [0, 0.1) is 17.6 Å². The summed E-state index contributed by atoms with van der Waals surface area (Å²) in [5, 5.41) is 0. The van der Waals surface area contributed by atoms with Crippen molar-refractivity contribution in [3.05, 3.63) is 59.7 Å². The molecule has 2 fully saturated rings. The van der Waals surface area contributed by atoms with Crippen LogP contribution in [0.1, 0.15) is 37.7 Å². The zero-order valence-corrected chi connectivity index (χ0v) is 14.2. The number of likely N-dealkylation sites (tertiary alicyclic amines) is 1. The fourth-order valence-electron chi connectivity index (χ4n) is 4.09. The van der Waals surface area contributed by atoms with E-state index in [1.807, 2.05) is 17.0 Å². The lowest BCUT2D eigenvalue weighted by molar-refractivity contribution is -0.133. The second-order valence-electron chi connectivity index (χ2n) is 7.16. The molecular formula is C21H21F2NO. The van der Waals surface area contributed by atoms with Gasteiger partial charge in [0.1, 0.15) is 11.6 Å². The van der Waals surface area contributed by atoms with Crippen LogP contribution in [0.25, 0.3) is 11.1 Å². The lowest BCUT2D eigenvalue weighted by atomic mass is 9.95. The second kappa shape index (κ2) is 6.25. The molecular weight excluding hydrogens is 320 g/mol. The Labute approximate surface area is 146 Å². The molecule has 2 aromatic carbocycles. The van der Waals surface area contributed by atoms with Crippen LogP contribution in [0.3, 0.4) is 0 Å². The maximum atomic E-state index is 14.2. The number of halogens is 2. The molecule has 1 aliphatic carbocycles. The van der Waals surface area contributed by atoms with Crippen molar-refractivity contribution in [3.63, 3.8) is 0 Å². The van der Waals surface area contributed by atoms with Gasteiger partial charge in [0.15, 0.2) is 0 Å². The van der Waals surface area contributed by atoms with E-state index in [1.54, 1.807) is 12.1 Å². The second-order valence-corrected chi connectivity index (χ2v) is 7.16. The van der Waals surface area contributed by atoms with Gasteiger partial charge >= 0.3 is 0 Å². The van der Waals surface area contributed by atoms with E-state index in [1.165, 1.54) is 18.2 Å². The number of carbonyl (C=O) groups excluding carboxylic acids is 1. The van der Waals surface area contributed by atoms with Crippen LogP contribution in [0.5, 0.6) is 0 Å². The zero-order chi connectivity index (χ0) is 17.6. The molecule has 25 heavy (non-hydrogen) atoms. The summed E-state index contributed by atoms with van der Waals surface area (Å²) in [5.41, 5.74) is 1.44. The quantitative estimate of drug-likeness (QED) is 0.789. The van der Waals surface area contributed by atoms with Crippen molar-refractivity contribution in [2.24, 2.45) is 5.92 Å². The summed E-state index contributed by atoms with van der Waals surface area (Å²) in [6.07, 6.45) is 2.87. The van der Waals surface area contributed by atoms with Crippen LogP contribution in [0.15, 0.2) is 42.5 Å². The van der Waals surface area contributed by atoms with Crippen molar-refractivity contribution >= 4 is 5.91 Å². The van der Waals surface area contributed by atoms with Gasteiger partial charge in [-0.15, -0.1) is 0 Å². The van der Waals surface area contributed by atoms with Gasteiger partial charge in [0.2, 0.25) is 5.91 Å². The first-order valence-electron chi connectivity index (χ1n) is 8.91.